The number of carbonyl (C=O) groups excluding carboxylic acids is 1. The number of nitrogens with one attached hydrogen (secondary N) is 1. The fraction of sp³-hybridized carbons (Fsp3) is 0.250. The van der Waals surface area contributed by atoms with Gasteiger partial charge in [-0.3, -0.25) is 9.36 Å². The molecule has 0 atom stereocenters. The second kappa shape index (κ2) is 8.12. The topological polar surface area (TPSA) is 78.3 Å². The Hall–Kier alpha value is -3.07. The molecule has 1 aromatic heterocycles. The molecule has 2 heterocycles. The van der Waals surface area contributed by atoms with Crippen LogP contribution in [-0.4, -0.2) is 33.2 Å². The van der Waals surface area contributed by atoms with Crippen LogP contribution in [0.1, 0.15) is 19.9 Å². The summed E-state index contributed by atoms with van der Waals surface area (Å²) < 4.78 is 26.6. The van der Waals surface area contributed by atoms with E-state index < -0.39 is 0 Å². The van der Waals surface area contributed by atoms with Crippen molar-refractivity contribution in [1.29, 1.82) is 0 Å². The van der Waals surface area contributed by atoms with Crippen LogP contribution < -0.4 is 14.8 Å². The number of nitrogens with zero attached hydrogens (tertiary/aromatic N) is 3. The van der Waals surface area contributed by atoms with Crippen LogP contribution >= 0.6 is 11.8 Å². The molecule has 0 bridgehead atoms. The van der Waals surface area contributed by atoms with Gasteiger partial charge in [0, 0.05) is 17.8 Å². The predicted octanol–water partition coefficient (Wildman–Crippen LogP) is 4.12. The second-order valence-corrected chi connectivity index (χ2v) is 7.60. The lowest BCUT2D eigenvalue weighted by Crippen LogP contribution is -2.15. The van der Waals surface area contributed by atoms with Crippen molar-refractivity contribution in [3.8, 4) is 22.9 Å². The third kappa shape index (κ3) is 4.04. The van der Waals surface area contributed by atoms with E-state index in [0.29, 0.717) is 33.7 Å². The van der Waals surface area contributed by atoms with Gasteiger partial charge in [0.05, 0.1) is 11.3 Å². The quantitative estimate of drug-likeness (QED) is 0.611. The highest BCUT2D eigenvalue weighted by molar-refractivity contribution is 7.99. The van der Waals surface area contributed by atoms with Crippen molar-refractivity contribution in [2.75, 3.05) is 17.9 Å². The van der Waals surface area contributed by atoms with Gasteiger partial charge in [-0.05, 0) is 38.1 Å². The Kier molecular flexibility index (Phi) is 5.39. The third-order valence-electron chi connectivity index (χ3n) is 4.28. The molecule has 3 aromatic rings. The number of anilines is 1. The molecule has 9 heteroatoms. The lowest BCUT2D eigenvalue weighted by atomic mass is 10.2. The second-order valence-electron chi connectivity index (χ2n) is 6.65. The summed E-state index contributed by atoms with van der Waals surface area (Å²) in [5.41, 5.74) is 1.00. The zero-order valence-electron chi connectivity index (χ0n) is 15.9. The Labute approximate surface area is 171 Å². The van der Waals surface area contributed by atoms with Crippen molar-refractivity contribution in [2.24, 2.45) is 0 Å². The number of carbonyl (C=O) groups is 1. The van der Waals surface area contributed by atoms with Gasteiger partial charge in [0.25, 0.3) is 0 Å². The van der Waals surface area contributed by atoms with E-state index in [4.69, 9.17) is 9.47 Å². The maximum Gasteiger partial charge on any atom is 0.234 e. The van der Waals surface area contributed by atoms with Crippen LogP contribution in [0.25, 0.3) is 11.4 Å². The monoisotopic (exact) mass is 414 g/mol. The lowest BCUT2D eigenvalue weighted by Gasteiger charge is -2.14. The SMILES string of the molecule is CC(C)n1c(SCC(=O)Nc2ccc3c(c2)OCO3)nnc1-c1ccccc1F. The first kappa shape index (κ1) is 19.3. The first-order chi connectivity index (χ1) is 14.0. The lowest BCUT2D eigenvalue weighted by molar-refractivity contribution is -0.113. The van der Waals surface area contributed by atoms with Gasteiger partial charge in [-0.15, -0.1) is 10.2 Å². The molecular weight excluding hydrogens is 395 g/mol. The molecule has 1 N–H and O–H groups in total. The van der Waals surface area contributed by atoms with E-state index in [-0.39, 0.29) is 30.3 Å². The minimum absolute atomic E-state index is 0.000901. The Morgan fingerprint density at radius 1 is 1.21 bits per heavy atom. The van der Waals surface area contributed by atoms with E-state index in [2.05, 4.69) is 15.5 Å². The highest BCUT2D eigenvalue weighted by Crippen LogP contribution is 2.34. The normalized spacial score (nSPS) is 12.4. The summed E-state index contributed by atoms with van der Waals surface area (Å²) in [6, 6.07) is 11.7. The fourth-order valence-corrected chi connectivity index (χ4v) is 3.84. The summed E-state index contributed by atoms with van der Waals surface area (Å²) in [4.78, 5) is 12.4. The first-order valence-electron chi connectivity index (χ1n) is 9.05. The summed E-state index contributed by atoms with van der Waals surface area (Å²) in [7, 11) is 0. The van der Waals surface area contributed by atoms with Crippen molar-refractivity contribution >= 4 is 23.4 Å². The van der Waals surface area contributed by atoms with E-state index in [1.807, 2.05) is 18.4 Å². The van der Waals surface area contributed by atoms with Crippen LogP contribution in [0.3, 0.4) is 0 Å². The van der Waals surface area contributed by atoms with Crippen LogP contribution in [-0.2, 0) is 4.79 Å². The summed E-state index contributed by atoms with van der Waals surface area (Å²) in [5, 5.41) is 11.7. The number of rotatable bonds is 6. The van der Waals surface area contributed by atoms with Gasteiger partial charge in [0.15, 0.2) is 22.5 Å². The van der Waals surface area contributed by atoms with Crippen molar-refractivity contribution in [3.63, 3.8) is 0 Å². The summed E-state index contributed by atoms with van der Waals surface area (Å²) in [6.45, 7) is 4.10. The molecule has 0 spiro atoms. The first-order valence-corrected chi connectivity index (χ1v) is 10.0. The van der Waals surface area contributed by atoms with Gasteiger partial charge in [0.2, 0.25) is 12.7 Å². The molecule has 0 radical (unpaired) electrons. The van der Waals surface area contributed by atoms with Crippen molar-refractivity contribution in [1.82, 2.24) is 14.8 Å². The average molecular weight is 414 g/mol. The maximum atomic E-state index is 14.2. The molecule has 0 saturated carbocycles. The number of ether oxygens (including phenoxy) is 2. The molecule has 1 aliphatic rings. The van der Waals surface area contributed by atoms with E-state index in [1.165, 1.54) is 17.8 Å². The van der Waals surface area contributed by atoms with Gasteiger partial charge >= 0.3 is 0 Å². The third-order valence-corrected chi connectivity index (χ3v) is 5.23. The zero-order valence-corrected chi connectivity index (χ0v) is 16.7. The molecular formula is C20H19FN4O3S. The minimum Gasteiger partial charge on any atom is -0.454 e. The standard InChI is InChI=1S/C20H19FN4O3S/c1-12(2)25-19(14-5-3-4-6-15(14)21)23-24-20(25)29-10-18(26)22-13-7-8-16-17(9-13)28-11-27-16/h3-9,12H,10-11H2,1-2H3,(H,22,26). The van der Waals surface area contributed by atoms with Crippen molar-refractivity contribution in [3.05, 3.63) is 48.3 Å². The fourth-order valence-electron chi connectivity index (χ4n) is 2.97. The van der Waals surface area contributed by atoms with Crippen LogP contribution in [0.4, 0.5) is 10.1 Å². The van der Waals surface area contributed by atoms with Gasteiger partial charge < -0.3 is 14.8 Å². The molecule has 150 valence electrons. The zero-order chi connectivity index (χ0) is 20.4. The summed E-state index contributed by atoms with van der Waals surface area (Å²) in [5.74, 6) is 1.28. The largest absolute Gasteiger partial charge is 0.454 e. The molecule has 1 amide bonds. The molecule has 29 heavy (non-hydrogen) atoms. The number of thioether (sulfide) groups is 1. The summed E-state index contributed by atoms with van der Waals surface area (Å²) >= 11 is 1.25. The highest BCUT2D eigenvalue weighted by Gasteiger charge is 2.20. The van der Waals surface area contributed by atoms with E-state index in [0.717, 1.165) is 0 Å². The number of hydrogen-bond donors (Lipinski definition) is 1. The van der Waals surface area contributed by atoms with Gasteiger partial charge in [-0.2, -0.15) is 0 Å². The minimum atomic E-state index is -0.362. The van der Waals surface area contributed by atoms with Crippen LogP contribution in [0, 0.1) is 5.82 Å². The number of halogens is 1. The number of aromatic nitrogens is 3. The molecule has 7 nitrogen and oxygen atoms in total. The van der Waals surface area contributed by atoms with E-state index in [1.54, 1.807) is 36.4 Å². The Morgan fingerprint density at radius 3 is 2.79 bits per heavy atom. The van der Waals surface area contributed by atoms with Crippen molar-refractivity contribution in [2.45, 2.75) is 25.0 Å². The van der Waals surface area contributed by atoms with Gasteiger partial charge in [-0.1, -0.05) is 23.9 Å². The number of hydrogen-bond acceptors (Lipinski definition) is 6. The maximum absolute atomic E-state index is 14.2. The Morgan fingerprint density at radius 2 is 2.00 bits per heavy atom. The summed E-state index contributed by atoms with van der Waals surface area (Å²) in [6.07, 6.45) is 0. The van der Waals surface area contributed by atoms with E-state index in [9.17, 15) is 9.18 Å². The van der Waals surface area contributed by atoms with Gasteiger partial charge in [0.1, 0.15) is 5.82 Å². The Balaban J connectivity index is 1.47. The number of fused-ring (bicyclic) bond motifs is 1. The smallest absolute Gasteiger partial charge is 0.234 e. The van der Waals surface area contributed by atoms with Crippen LogP contribution in [0.15, 0.2) is 47.6 Å². The molecule has 0 fully saturated rings. The molecule has 0 saturated heterocycles. The number of amides is 1. The average Bonchev–Trinajstić information content (AvgIpc) is 3.33. The van der Waals surface area contributed by atoms with Crippen LogP contribution in [0.5, 0.6) is 11.5 Å². The Bertz CT molecular complexity index is 1050. The number of benzene rings is 2. The molecule has 0 aliphatic carbocycles. The predicted molar refractivity (Wildman–Crippen MR) is 108 cm³/mol. The molecule has 1 aliphatic heterocycles. The van der Waals surface area contributed by atoms with Gasteiger partial charge in [-0.25, -0.2) is 4.39 Å². The molecule has 4 rings (SSSR count). The van der Waals surface area contributed by atoms with E-state index >= 15 is 0 Å². The molecule has 0 unspecified atom stereocenters. The van der Waals surface area contributed by atoms with Crippen LogP contribution in [0.2, 0.25) is 0 Å². The molecule has 2 aromatic carbocycles. The highest BCUT2D eigenvalue weighted by atomic mass is 32.2. The van der Waals surface area contributed by atoms with Crippen molar-refractivity contribution < 1.29 is 18.7 Å².